The highest BCUT2D eigenvalue weighted by atomic mass is 19.4. The van der Waals surface area contributed by atoms with Crippen LogP contribution in [-0.4, -0.2) is 5.78 Å². The molecule has 4 heteroatoms. The van der Waals surface area contributed by atoms with E-state index in [9.17, 15) is 18.0 Å². The van der Waals surface area contributed by atoms with Crippen molar-refractivity contribution in [2.45, 2.75) is 31.9 Å². The van der Waals surface area contributed by atoms with Gasteiger partial charge in [0.05, 0.1) is 5.56 Å². The first-order valence-electron chi connectivity index (χ1n) is 5.59. The average molecular weight is 242 g/mol. The second-order valence-electron chi connectivity index (χ2n) is 4.52. The van der Waals surface area contributed by atoms with Gasteiger partial charge in [-0.25, -0.2) is 0 Å². The summed E-state index contributed by atoms with van der Waals surface area (Å²) in [6.07, 6.45) is -3.02. The van der Waals surface area contributed by atoms with Crippen LogP contribution in [0.1, 0.15) is 36.8 Å². The monoisotopic (exact) mass is 242 g/mol. The number of carbonyl (C=O) groups is 1. The van der Waals surface area contributed by atoms with E-state index < -0.39 is 11.7 Å². The highest BCUT2D eigenvalue weighted by molar-refractivity contribution is 5.84. The minimum atomic E-state index is -4.30. The Hall–Kier alpha value is -1.32. The maximum Gasteiger partial charge on any atom is 0.416 e. The Balaban J connectivity index is 2.22. The van der Waals surface area contributed by atoms with Crippen molar-refractivity contribution in [3.05, 3.63) is 35.4 Å². The highest BCUT2D eigenvalue weighted by Gasteiger charge is 2.33. The molecule has 0 bridgehead atoms. The van der Waals surface area contributed by atoms with Crippen LogP contribution in [0, 0.1) is 5.92 Å². The minimum absolute atomic E-state index is 0.0739. The fourth-order valence-electron chi connectivity index (χ4n) is 2.37. The lowest BCUT2D eigenvalue weighted by atomic mass is 9.89. The lowest BCUT2D eigenvalue weighted by Crippen LogP contribution is -2.10. The summed E-state index contributed by atoms with van der Waals surface area (Å²) in [5.41, 5.74) is 0.189. The summed E-state index contributed by atoms with van der Waals surface area (Å²) in [6, 6.07) is 5.15. The SMILES string of the molecule is CC1C(=O)CCC1c1ccc(C(F)(F)F)cc1. The third-order valence-corrected chi connectivity index (χ3v) is 3.48. The van der Waals surface area contributed by atoms with E-state index in [2.05, 4.69) is 0 Å². The molecule has 1 aromatic rings. The number of Topliss-reactive ketones (excluding diaryl/α,β-unsaturated/α-hetero) is 1. The summed E-state index contributed by atoms with van der Waals surface area (Å²) in [7, 11) is 0. The number of hydrogen-bond acceptors (Lipinski definition) is 1. The van der Waals surface area contributed by atoms with E-state index in [-0.39, 0.29) is 17.6 Å². The van der Waals surface area contributed by atoms with Crippen LogP contribution in [0.5, 0.6) is 0 Å². The lowest BCUT2D eigenvalue weighted by molar-refractivity contribution is -0.137. The zero-order valence-corrected chi connectivity index (χ0v) is 9.42. The van der Waals surface area contributed by atoms with Gasteiger partial charge in [0.2, 0.25) is 0 Å². The van der Waals surface area contributed by atoms with Crippen molar-refractivity contribution in [3.63, 3.8) is 0 Å². The molecule has 0 spiro atoms. The van der Waals surface area contributed by atoms with Gasteiger partial charge in [-0.15, -0.1) is 0 Å². The van der Waals surface area contributed by atoms with E-state index in [0.717, 1.165) is 24.1 Å². The van der Waals surface area contributed by atoms with Crippen molar-refractivity contribution >= 4 is 5.78 Å². The summed E-state index contributed by atoms with van der Waals surface area (Å²) in [5.74, 6) is 0.200. The first-order valence-corrected chi connectivity index (χ1v) is 5.59. The van der Waals surface area contributed by atoms with Gasteiger partial charge in [0.1, 0.15) is 5.78 Å². The van der Waals surface area contributed by atoms with E-state index in [0.29, 0.717) is 6.42 Å². The number of rotatable bonds is 1. The Morgan fingerprint density at radius 2 is 1.76 bits per heavy atom. The molecule has 2 atom stereocenters. The van der Waals surface area contributed by atoms with Crippen LogP contribution in [-0.2, 0) is 11.0 Å². The Labute approximate surface area is 97.6 Å². The van der Waals surface area contributed by atoms with E-state index in [1.807, 2.05) is 6.92 Å². The summed E-state index contributed by atoms with van der Waals surface area (Å²) in [6.45, 7) is 1.84. The number of benzene rings is 1. The van der Waals surface area contributed by atoms with Gasteiger partial charge in [-0.05, 0) is 30.0 Å². The third-order valence-electron chi connectivity index (χ3n) is 3.48. The minimum Gasteiger partial charge on any atom is -0.299 e. The molecule has 0 N–H and O–H groups in total. The van der Waals surface area contributed by atoms with Crippen molar-refractivity contribution in [1.82, 2.24) is 0 Å². The topological polar surface area (TPSA) is 17.1 Å². The van der Waals surface area contributed by atoms with Gasteiger partial charge in [0.25, 0.3) is 0 Å². The molecule has 2 unspecified atom stereocenters. The second kappa shape index (κ2) is 4.17. The van der Waals surface area contributed by atoms with Gasteiger partial charge < -0.3 is 0 Å². The predicted octanol–water partition coefficient (Wildman–Crippen LogP) is 3.79. The van der Waals surface area contributed by atoms with Crippen LogP contribution in [0.15, 0.2) is 24.3 Å². The van der Waals surface area contributed by atoms with Gasteiger partial charge in [0.15, 0.2) is 0 Å². The standard InChI is InChI=1S/C13H13F3O/c1-8-11(6-7-12(8)17)9-2-4-10(5-3-9)13(14,15)16/h2-5,8,11H,6-7H2,1H3. The molecule has 0 amide bonds. The first-order chi connectivity index (χ1) is 7.89. The van der Waals surface area contributed by atoms with E-state index in [1.165, 1.54) is 12.1 Å². The van der Waals surface area contributed by atoms with Crippen molar-refractivity contribution in [2.24, 2.45) is 5.92 Å². The number of ketones is 1. The molecule has 1 nitrogen and oxygen atoms in total. The van der Waals surface area contributed by atoms with Gasteiger partial charge in [-0.1, -0.05) is 19.1 Å². The Bertz CT molecular complexity index is 419. The van der Waals surface area contributed by atoms with Crippen LogP contribution in [0.25, 0.3) is 0 Å². The van der Waals surface area contributed by atoms with Gasteiger partial charge in [0, 0.05) is 12.3 Å². The van der Waals surface area contributed by atoms with Gasteiger partial charge in [-0.2, -0.15) is 13.2 Å². The fourth-order valence-corrected chi connectivity index (χ4v) is 2.37. The van der Waals surface area contributed by atoms with Crippen molar-refractivity contribution in [1.29, 1.82) is 0 Å². The molecule has 0 saturated heterocycles. The molecule has 0 heterocycles. The number of alkyl halides is 3. The van der Waals surface area contributed by atoms with Crippen molar-refractivity contribution in [3.8, 4) is 0 Å². The molecule has 0 aromatic heterocycles. The van der Waals surface area contributed by atoms with Gasteiger partial charge in [-0.3, -0.25) is 4.79 Å². The van der Waals surface area contributed by atoms with Crippen LogP contribution in [0.4, 0.5) is 13.2 Å². The molecule has 0 aliphatic heterocycles. The summed E-state index contributed by atoms with van der Waals surface area (Å²) < 4.78 is 37.1. The van der Waals surface area contributed by atoms with Gasteiger partial charge >= 0.3 is 6.18 Å². The molecular formula is C13H13F3O. The molecule has 1 fully saturated rings. The zero-order valence-electron chi connectivity index (χ0n) is 9.42. The van der Waals surface area contributed by atoms with Crippen molar-refractivity contribution < 1.29 is 18.0 Å². The second-order valence-corrected chi connectivity index (χ2v) is 4.52. The number of carbonyl (C=O) groups excluding carboxylic acids is 1. The van der Waals surface area contributed by atoms with Crippen LogP contribution in [0.3, 0.4) is 0 Å². The van der Waals surface area contributed by atoms with E-state index in [4.69, 9.17) is 0 Å². The maximum absolute atomic E-state index is 12.4. The summed E-state index contributed by atoms with van der Waals surface area (Å²) in [5, 5.41) is 0. The van der Waals surface area contributed by atoms with E-state index >= 15 is 0 Å². The first kappa shape index (κ1) is 12.1. The molecule has 92 valence electrons. The fraction of sp³-hybridized carbons (Fsp3) is 0.462. The molecule has 1 aromatic carbocycles. The summed E-state index contributed by atoms with van der Waals surface area (Å²) in [4.78, 5) is 11.4. The van der Waals surface area contributed by atoms with Crippen LogP contribution < -0.4 is 0 Å². The number of hydrogen-bond donors (Lipinski definition) is 0. The highest BCUT2D eigenvalue weighted by Crippen LogP contribution is 2.38. The Kier molecular flexibility index (Phi) is 2.98. The molecular weight excluding hydrogens is 229 g/mol. The molecule has 2 rings (SSSR count). The molecule has 1 aliphatic rings. The van der Waals surface area contributed by atoms with E-state index in [1.54, 1.807) is 0 Å². The Morgan fingerprint density at radius 1 is 1.18 bits per heavy atom. The quantitative estimate of drug-likeness (QED) is 0.732. The molecule has 1 saturated carbocycles. The van der Waals surface area contributed by atoms with Crippen LogP contribution >= 0.6 is 0 Å². The Morgan fingerprint density at radius 3 is 2.18 bits per heavy atom. The predicted molar refractivity (Wildman–Crippen MR) is 57.6 cm³/mol. The smallest absolute Gasteiger partial charge is 0.299 e. The lowest BCUT2D eigenvalue weighted by Gasteiger charge is -2.15. The largest absolute Gasteiger partial charge is 0.416 e. The molecule has 0 radical (unpaired) electrons. The summed E-state index contributed by atoms with van der Waals surface area (Å²) >= 11 is 0. The zero-order chi connectivity index (χ0) is 12.6. The number of halogens is 3. The average Bonchev–Trinajstić information content (AvgIpc) is 2.59. The molecule has 1 aliphatic carbocycles. The normalized spacial score (nSPS) is 25.3. The van der Waals surface area contributed by atoms with Crippen molar-refractivity contribution in [2.75, 3.05) is 0 Å². The van der Waals surface area contributed by atoms with Crippen LogP contribution in [0.2, 0.25) is 0 Å². The molecule has 17 heavy (non-hydrogen) atoms. The maximum atomic E-state index is 12.4. The third kappa shape index (κ3) is 2.35.